The molecule has 0 aliphatic rings. The lowest BCUT2D eigenvalue weighted by molar-refractivity contribution is -0.139. The van der Waals surface area contributed by atoms with Gasteiger partial charge in [0.05, 0.1) is 12.8 Å². The zero-order chi connectivity index (χ0) is 16.0. The van der Waals surface area contributed by atoms with Gasteiger partial charge in [-0.2, -0.15) is 0 Å². The molecule has 0 spiro atoms. The van der Waals surface area contributed by atoms with E-state index in [-0.39, 0.29) is 12.3 Å². The highest BCUT2D eigenvalue weighted by atomic mass is 32.2. The van der Waals surface area contributed by atoms with Crippen LogP contribution in [0, 0.1) is 18.8 Å². The molecule has 2 N–H and O–H groups in total. The molecule has 0 radical (unpaired) electrons. The number of anilines is 1. The van der Waals surface area contributed by atoms with Crippen LogP contribution in [0.2, 0.25) is 0 Å². The Labute approximate surface area is 124 Å². The Kier molecular flexibility index (Phi) is 5.76. The number of benzene rings is 1. The molecule has 21 heavy (non-hydrogen) atoms. The molecular weight excluding hydrogens is 294 g/mol. The van der Waals surface area contributed by atoms with Gasteiger partial charge in [0.2, 0.25) is 10.0 Å². The SMILES string of the molecule is COC(=O)C(C)S(=O)(=O)Nc1ccc(C)cc1C#CCO. The Morgan fingerprint density at radius 2 is 2.14 bits per heavy atom. The van der Waals surface area contributed by atoms with Gasteiger partial charge in [-0.05, 0) is 31.5 Å². The third-order valence-electron chi connectivity index (χ3n) is 2.73. The summed E-state index contributed by atoms with van der Waals surface area (Å²) in [5.41, 5.74) is 1.56. The molecule has 0 saturated carbocycles. The van der Waals surface area contributed by atoms with Crippen molar-refractivity contribution in [3.05, 3.63) is 29.3 Å². The van der Waals surface area contributed by atoms with E-state index in [4.69, 9.17) is 5.11 Å². The molecule has 114 valence electrons. The van der Waals surface area contributed by atoms with Crippen molar-refractivity contribution in [3.63, 3.8) is 0 Å². The third kappa shape index (κ3) is 4.48. The second-order valence-corrected chi connectivity index (χ2v) is 6.32. The minimum atomic E-state index is -3.94. The minimum absolute atomic E-state index is 0.248. The zero-order valence-electron chi connectivity index (χ0n) is 12.0. The highest BCUT2D eigenvalue weighted by molar-refractivity contribution is 7.94. The number of aliphatic hydroxyl groups is 1. The minimum Gasteiger partial charge on any atom is -0.468 e. The monoisotopic (exact) mass is 311 g/mol. The van der Waals surface area contributed by atoms with Gasteiger partial charge in [0.1, 0.15) is 6.61 Å². The number of ether oxygens (including phenoxy) is 1. The van der Waals surface area contributed by atoms with Crippen molar-refractivity contribution in [3.8, 4) is 11.8 Å². The molecule has 0 aromatic heterocycles. The maximum absolute atomic E-state index is 12.1. The summed E-state index contributed by atoms with van der Waals surface area (Å²) >= 11 is 0. The first-order chi connectivity index (χ1) is 9.81. The molecule has 0 saturated heterocycles. The smallest absolute Gasteiger partial charge is 0.325 e. The first-order valence-electron chi connectivity index (χ1n) is 6.11. The molecule has 0 bridgehead atoms. The van der Waals surface area contributed by atoms with Crippen LogP contribution in [0.3, 0.4) is 0 Å². The average molecular weight is 311 g/mol. The lowest BCUT2D eigenvalue weighted by Crippen LogP contribution is -2.33. The van der Waals surface area contributed by atoms with Crippen LogP contribution < -0.4 is 4.72 Å². The van der Waals surface area contributed by atoms with E-state index >= 15 is 0 Å². The van der Waals surface area contributed by atoms with Gasteiger partial charge in [0.15, 0.2) is 5.25 Å². The average Bonchev–Trinajstić information content (AvgIpc) is 2.45. The maximum atomic E-state index is 12.1. The van der Waals surface area contributed by atoms with Crippen LogP contribution in [0.15, 0.2) is 18.2 Å². The highest BCUT2D eigenvalue weighted by Crippen LogP contribution is 2.19. The van der Waals surface area contributed by atoms with Crippen LogP contribution in [0.25, 0.3) is 0 Å². The lowest BCUT2D eigenvalue weighted by atomic mass is 10.1. The maximum Gasteiger partial charge on any atom is 0.325 e. The molecule has 1 aromatic carbocycles. The normalized spacial score (nSPS) is 12.0. The number of carbonyl (C=O) groups is 1. The molecular formula is C14H17NO5S. The van der Waals surface area contributed by atoms with Gasteiger partial charge in [0.25, 0.3) is 0 Å². The molecule has 1 aromatic rings. The molecule has 1 rings (SSSR count). The number of sulfonamides is 1. The van der Waals surface area contributed by atoms with Crippen LogP contribution in [0.5, 0.6) is 0 Å². The van der Waals surface area contributed by atoms with Crippen LogP contribution in [-0.4, -0.2) is 38.5 Å². The molecule has 6 nitrogen and oxygen atoms in total. The van der Waals surface area contributed by atoms with Gasteiger partial charge in [0, 0.05) is 5.56 Å². The summed E-state index contributed by atoms with van der Waals surface area (Å²) in [6.07, 6.45) is 0. The lowest BCUT2D eigenvalue weighted by Gasteiger charge is -2.14. The van der Waals surface area contributed by atoms with Crippen molar-refractivity contribution in [1.29, 1.82) is 0 Å². The Bertz CT molecular complexity index is 685. The predicted molar refractivity (Wildman–Crippen MR) is 79.2 cm³/mol. The fraction of sp³-hybridized carbons (Fsp3) is 0.357. The number of esters is 1. The predicted octanol–water partition coefficient (Wildman–Crippen LogP) is 0.642. The van der Waals surface area contributed by atoms with Crippen molar-refractivity contribution < 1.29 is 23.1 Å². The number of hydrogen-bond acceptors (Lipinski definition) is 5. The number of methoxy groups -OCH3 is 1. The van der Waals surface area contributed by atoms with E-state index < -0.39 is 21.2 Å². The van der Waals surface area contributed by atoms with Crippen LogP contribution >= 0.6 is 0 Å². The van der Waals surface area contributed by atoms with E-state index in [9.17, 15) is 13.2 Å². The molecule has 0 fully saturated rings. The van der Waals surface area contributed by atoms with Crippen molar-refractivity contribution in [2.75, 3.05) is 18.4 Å². The first kappa shape index (κ1) is 17.0. The van der Waals surface area contributed by atoms with E-state index in [1.54, 1.807) is 18.2 Å². The topological polar surface area (TPSA) is 92.7 Å². The molecule has 1 unspecified atom stereocenters. The Morgan fingerprint density at radius 1 is 1.48 bits per heavy atom. The number of nitrogens with one attached hydrogen (secondary N) is 1. The highest BCUT2D eigenvalue weighted by Gasteiger charge is 2.29. The number of carbonyl (C=O) groups excluding carboxylic acids is 1. The van der Waals surface area contributed by atoms with Crippen molar-refractivity contribution in [1.82, 2.24) is 0 Å². The van der Waals surface area contributed by atoms with E-state index in [1.807, 2.05) is 6.92 Å². The van der Waals surface area contributed by atoms with E-state index in [2.05, 4.69) is 21.3 Å². The van der Waals surface area contributed by atoms with E-state index in [1.165, 1.54) is 6.92 Å². The van der Waals surface area contributed by atoms with E-state index in [0.29, 0.717) is 5.56 Å². The van der Waals surface area contributed by atoms with Gasteiger partial charge < -0.3 is 9.84 Å². The van der Waals surface area contributed by atoms with Gasteiger partial charge in [-0.15, -0.1) is 0 Å². The summed E-state index contributed by atoms with van der Waals surface area (Å²) in [7, 11) is -2.82. The summed E-state index contributed by atoms with van der Waals surface area (Å²) in [6, 6.07) is 4.95. The molecule has 0 heterocycles. The molecule has 0 aliphatic heterocycles. The fourth-order valence-electron chi connectivity index (χ4n) is 1.52. The van der Waals surface area contributed by atoms with Gasteiger partial charge in [-0.3, -0.25) is 9.52 Å². The third-order valence-corrected chi connectivity index (χ3v) is 4.36. The van der Waals surface area contributed by atoms with Crippen LogP contribution in [-0.2, 0) is 19.6 Å². The fourth-order valence-corrected chi connectivity index (χ4v) is 2.53. The molecule has 7 heteroatoms. The Morgan fingerprint density at radius 3 is 2.71 bits per heavy atom. The summed E-state index contributed by atoms with van der Waals surface area (Å²) in [5.74, 6) is 4.28. The molecule has 0 aliphatic carbocycles. The quantitative estimate of drug-likeness (QED) is 0.629. The number of aryl methyl sites for hydroxylation is 1. The number of rotatable bonds is 4. The van der Waals surface area contributed by atoms with Gasteiger partial charge >= 0.3 is 5.97 Å². The van der Waals surface area contributed by atoms with Crippen molar-refractivity contribution in [2.45, 2.75) is 19.1 Å². The van der Waals surface area contributed by atoms with Crippen LogP contribution in [0.4, 0.5) is 5.69 Å². The van der Waals surface area contributed by atoms with Crippen molar-refractivity contribution >= 4 is 21.7 Å². The number of hydrogen-bond donors (Lipinski definition) is 2. The summed E-state index contributed by atoms with van der Waals surface area (Å²) in [6.45, 7) is 2.74. The summed E-state index contributed by atoms with van der Waals surface area (Å²) < 4.78 is 31.0. The van der Waals surface area contributed by atoms with Gasteiger partial charge in [-0.1, -0.05) is 17.9 Å². The van der Waals surface area contributed by atoms with Crippen LogP contribution in [0.1, 0.15) is 18.1 Å². The van der Waals surface area contributed by atoms with Crippen molar-refractivity contribution in [2.24, 2.45) is 0 Å². The largest absolute Gasteiger partial charge is 0.468 e. The Hall–Kier alpha value is -2.04. The molecule has 0 amide bonds. The number of aliphatic hydroxyl groups excluding tert-OH is 1. The molecule has 1 atom stereocenters. The van der Waals surface area contributed by atoms with Gasteiger partial charge in [-0.25, -0.2) is 8.42 Å². The second kappa shape index (κ2) is 7.11. The standard InChI is InChI=1S/C14H17NO5S/c1-10-6-7-13(12(9-10)5-4-8-16)15-21(18,19)11(2)14(17)20-3/h6-7,9,11,15-16H,8H2,1-3H3. The summed E-state index contributed by atoms with van der Waals surface area (Å²) in [4.78, 5) is 11.4. The second-order valence-electron chi connectivity index (χ2n) is 4.32. The zero-order valence-corrected chi connectivity index (χ0v) is 12.8. The first-order valence-corrected chi connectivity index (χ1v) is 7.66. The Balaban J connectivity index is 3.15. The van der Waals surface area contributed by atoms with E-state index in [0.717, 1.165) is 12.7 Å². The summed E-state index contributed by atoms with van der Waals surface area (Å²) in [5, 5.41) is 7.39.